The SMILES string of the molecule is Cc1cnc(C2CCCN2C(=O)Nc2ccc3c(c2)OCCO3)n1Cc1ccc(F)cc1. The van der Waals surface area contributed by atoms with Crippen molar-refractivity contribution in [1.82, 2.24) is 14.5 Å². The van der Waals surface area contributed by atoms with Crippen molar-refractivity contribution in [1.29, 1.82) is 0 Å². The second kappa shape index (κ2) is 8.53. The molecular formula is C24H25FN4O3. The summed E-state index contributed by atoms with van der Waals surface area (Å²) in [7, 11) is 0. The van der Waals surface area contributed by atoms with Crippen molar-refractivity contribution in [3.63, 3.8) is 0 Å². The first-order chi connectivity index (χ1) is 15.6. The van der Waals surface area contributed by atoms with E-state index in [4.69, 9.17) is 9.47 Å². The maximum absolute atomic E-state index is 13.3. The van der Waals surface area contributed by atoms with Crippen molar-refractivity contribution in [2.24, 2.45) is 0 Å². The summed E-state index contributed by atoms with van der Waals surface area (Å²) in [5.74, 6) is 1.92. The highest BCUT2D eigenvalue weighted by Gasteiger charge is 2.33. The number of imidazole rings is 1. The number of nitrogens with one attached hydrogen (secondary N) is 1. The molecule has 2 amide bonds. The normalized spacial score (nSPS) is 17.4. The van der Waals surface area contributed by atoms with Crippen molar-refractivity contribution in [3.05, 3.63) is 71.6 Å². The molecule has 166 valence electrons. The lowest BCUT2D eigenvalue weighted by Crippen LogP contribution is -2.35. The molecule has 1 unspecified atom stereocenters. The summed E-state index contributed by atoms with van der Waals surface area (Å²) in [4.78, 5) is 19.6. The molecule has 1 N–H and O–H groups in total. The molecule has 8 heteroatoms. The van der Waals surface area contributed by atoms with Gasteiger partial charge in [-0.25, -0.2) is 14.2 Å². The zero-order valence-corrected chi connectivity index (χ0v) is 17.9. The Labute approximate surface area is 185 Å². The standard InChI is InChI=1S/C24H25FN4O3/c1-16-14-26-23(29(16)15-17-4-6-18(25)7-5-17)20-3-2-10-28(20)24(30)27-19-8-9-21-22(13-19)32-12-11-31-21/h4-9,13-14,20H,2-3,10-12,15H2,1H3,(H,27,30). The number of carbonyl (C=O) groups is 1. The van der Waals surface area contributed by atoms with Crippen molar-refractivity contribution in [2.45, 2.75) is 32.4 Å². The van der Waals surface area contributed by atoms with Crippen LogP contribution in [-0.2, 0) is 6.54 Å². The minimum Gasteiger partial charge on any atom is -0.486 e. The fourth-order valence-electron chi connectivity index (χ4n) is 4.32. The molecule has 5 rings (SSSR count). The Bertz CT molecular complexity index is 1130. The van der Waals surface area contributed by atoms with Crippen LogP contribution in [0.5, 0.6) is 11.5 Å². The number of ether oxygens (including phenoxy) is 2. The largest absolute Gasteiger partial charge is 0.486 e. The van der Waals surface area contributed by atoms with E-state index in [-0.39, 0.29) is 17.9 Å². The number of rotatable bonds is 4. The highest BCUT2D eigenvalue weighted by atomic mass is 19.1. The van der Waals surface area contributed by atoms with Crippen LogP contribution in [0.25, 0.3) is 0 Å². The van der Waals surface area contributed by atoms with E-state index >= 15 is 0 Å². The van der Waals surface area contributed by atoms with E-state index in [1.165, 1.54) is 12.1 Å². The quantitative estimate of drug-likeness (QED) is 0.653. The van der Waals surface area contributed by atoms with Gasteiger partial charge in [0, 0.05) is 36.7 Å². The zero-order chi connectivity index (χ0) is 22.1. The number of halogens is 1. The molecule has 3 aromatic rings. The molecule has 0 bridgehead atoms. The van der Waals surface area contributed by atoms with Crippen LogP contribution in [-0.4, -0.2) is 40.2 Å². The van der Waals surface area contributed by atoms with E-state index in [2.05, 4.69) is 14.9 Å². The number of carbonyl (C=O) groups excluding carboxylic acids is 1. The van der Waals surface area contributed by atoms with E-state index in [1.807, 2.05) is 30.2 Å². The number of hydrogen-bond acceptors (Lipinski definition) is 4. The van der Waals surface area contributed by atoms with Crippen LogP contribution < -0.4 is 14.8 Å². The van der Waals surface area contributed by atoms with Crippen molar-refractivity contribution < 1.29 is 18.7 Å². The third kappa shape index (κ3) is 4.00. The van der Waals surface area contributed by atoms with Gasteiger partial charge >= 0.3 is 6.03 Å². The number of benzene rings is 2. The number of likely N-dealkylation sites (tertiary alicyclic amines) is 1. The van der Waals surface area contributed by atoms with Crippen LogP contribution in [0.2, 0.25) is 0 Å². The van der Waals surface area contributed by atoms with Crippen LogP contribution in [0.15, 0.2) is 48.7 Å². The third-order valence-electron chi connectivity index (χ3n) is 5.95. The topological polar surface area (TPSA) is 68.6 Å². The Morgan fingerprint density at radius 3 is 2.75 bits per heavy atom. The van der Waals surface area contributed by atoms with Crippen molar-refractivity contribution in [2.75, 3.05) is 25.1 Å². The summed E-state index contributed by atoms with van der Waals surface area (Å²) in [5.41, 5.74) is 2.65. The Hall–Kier alpha value is -3.55. The molecule has 32 heavy (non-hydrogen) atoms. The molecule has 2 aromatic carbocycles. The van der Waals surface area contributed by atoms with Gasteiger partial charge in [-0.2, -0.15) is 0 Å². The summed E-state index contributed by atoms with van der Waals surface area (Å²) in [5, 5.41) is 2.99. The van der Waals surface area contributed by atoms with Crippen LogP contribution >= 0.6 is 0 Å². The van der Waals surface area contributed by atoms with E-state index < -0.39 is 0 Å². The van der Waals surface area contributed by atoms with Crippen LogP contribution in [0.1, 0.15) is 36.0 Å². The summed E-state index contributed by atoms with van der Waals surface area (Å²) in [6.07, 6.45) is 3.57. The first-order valence-corrected chi connectivity index (χ1v) is 10.8. The molecule has 7 nitrogen and oxygen atoms in total. The number of aromatic nitrogens is 2. The maximum Gasteiger partial charge on any atom is 0.322 e. The number of fused-ring (bicyclic) bond motifs is 1. The zero-order valence-electron chi connectivity index (χ0n) is 17.9. The monoisotopic (exact) mass is 436 g/mol. The lowest BCUT2D eigenvalue weighted by molar-refractivity contribution is 0.171. The Morgan fingerprint density at radius 2 is 1.94 bits per heavy atom. The number of amides is 2. The van der Waals surface area contributed by atoms with Gasteiger partial charge in [-0.15, -0.1) is 0 Å². The fourth-order valence-corrected chi connectivity index (χ4v) is 4.32. The molecule has 0 radical (unpaired) electrons. The maximum atomic E-state index is 13.3. The average molecular weight is 436 g/mol. The molecular weight excluding hydrogens is 411 g/mol. The highest BCUT2D eigenvalue weighted by molar-refractivity contribution is 5.90. The molecule has 0 saturated carbocycles. The van der Waals surface area contributed by atoms with Gasteiger partial charge in [0.25, 0.3) is 0 Å². The van der Waals surface area contributed by atoms with Gasteiger partial charge in [0.15, 0.2) is 11.5 Å². The minimum atomic E-state index is -0.255. The summed E-state index contributed by atoms with van der Waals surface area (Å²) < 4.78 is 26.6. The molecule has 1 atom stereocenters. The third-order valence-corrected chi connectivity index (χ3v) is 5.95. The molecule has 0 aliphatic carbocycles. The lowest BCUT2D eigenvalue weighted by atomic mass is 10.2. The van der Waals surface area contributed by atoms with Gasteiger partial charge in [-0.05, 0) is 49.6 Å². The van der Waals surface area contributed by atoms with Gasteiger partial charge in [0.2, 0.25) is 0 Å². The number of hydrogen-bond donors (Lipinski definition) is 1. The highest BCUT2D eigenvalue weighted by Crippen LogP contribution is 2.35. The van der Waals surface area contributed by atoms with E-state index in [0.717, 1.165) is 29.9 Å². The number of nitrogens with zero attached hydrogens (tertiary/aromatic N) is 3. The molecule has 3 heterocycles. The first-order valence-electron chi connectivity index (χ1n) is 10.8. The Kier molecular flexibility index (Phi) is 5.43. The molecule has 2 aliphatic heterocycles. The van der Waals surface area contributed by atoms with Crippen molar-refractivity contribution in [3.8, 4) is 11.5 Å². The van der Waals surface area contributed by atoms with Gasteiger partial charge < -0.3 is 24.3 Å². The Morgan fingerprint density at radius 1 is 1.16 bits per heavy atom. The molecule has 1 saturated heterocycles. The second-order valence-electron chi connectivity index (χ2n) is 8.11. The average Bonchev–Trinajstić information content (AvgIpc) is 3.42. The van der Waals surface area contributed by atoms with Crippen LogP contribution in [0, 0.1) is 12.7 Å². The summed E-state index contributed by atoms with van der Waals surface area (Å²) in [6, 6.07) is 11.6. The van der Waals surface area contributed by atoms with E-state index in [0.29, 0.717) is 43.5 Å². The van der Waals surface area contributed by atoms with Gasteiger partial charge in [0.05, 0.1) is 6.04 Å². The summed E-state index contributed by atoms with van der Waals surface area (Å²) in [6.45, 7) is 4.25. The molecule has 0 spiro atoms. The fraction of sp³-hybridized carbons (Fsp3) is 0.333. The van der Waals surface area contributed by atoms with Crippen LogP contribution in [0.3, 0.4) is 0 Å². The minimum absolute atomic E-state index is 0.124. The molecule has 2 aliphatic rings. The van der Waals surface area contributed by atoms with Crippen molar-refractivity contribution >= 4 is 11.7 Å². The van der Waals surface area contributed by atoms with E-state index in [1.54, 1.807) is 18.2 Å². The molecule has 1 aromatic heterocycles. The second-order valence-corrected chi connectivity index (χ2v) is 8.11. The smallest absolute Gasteiger partial charge is 0.322 e. The number of aryl methyl sites for hydroxylation is 1. The first kappa shape index (κ1) is 20.4. The number of urea groups is 1. The predicted octanol–water partition coefficient (Wildman–Crippen LogP) is 4.52. The van der Waals surface area contributed by atoms with Gasteiger partial charge in [-0.1, -0.05) is 12.1 Å². The van der Waals surface area contributed by atoms with Crippen LogP contribution in [0.4, 0.5) is 14.9 Å². The number of anilines is 1. The summed E-state index contributed by atoms with van der Waals surface area (Å²) >= 11 is 0. The van der Waals surface area contributed by atoms with Gasteiger partial charge in [-0.3, -0.25) is 0 Å². The molecule has 1 fully saturated rings. The lowest BCUT2D eigenvalue weighted by Gasteiger charge is -2.26. The van der Waals surface area contributed by atoms with E-state index in [9.17, 15) is 9.18 Å². The predicted molar refractivity (Wildman–Crippen MR) is 118 cm³/mol. The van der Waals surface area contributed by atoms with Gasteiger partial charge in [0.1, 0.15) is 24.9 Å². The Balaban J connectivity index is 1.34.